The maximum Gasteiger partial charge on any atom is 0.225 e. The van der Waals surface area contributed by atoms with E-state index in [1.807, 2.05) is 37.1 Å². The van der Waals surface area contributed by atoms with Crippen LogP contribution in [0.25, 0.3) is 11.3 Å². The number of nitrogens with two attached hydrogens (primary N) is 1. The molecule has 1 aliphatic heterocycles. The summed E-state index contributed by atoms with van der Waals surface area (Å²) in [6.45, 7) is 4.75. The highest BCUT2D eigenvalue weighted by Crippen LogP contribution is 2.24. The highest BCUT2D eigenvalue weighted by molar-refractivity contribution is 5.61. The standard InChI is InChI=1S/C15H22N6/c1-11-13(10-20(2)19-11)14-3-6-17-15(18-14)21-7-4-12(9-16)5-8-21/h3,6,10,12H,4-5,7-9,16H2,1-2H3. The molecular formula is C15H22N6. The lowest BCUT2D eigenvalue weighted by molar-refractivity contribution is 0.411. The van der Waals surface area contributed by atoms with Gasteiger partial charge in [0.2, 0.25) is 5.95 Å². The first-order valence-electron chi connectivity index (χ1n) is 7.46. The molecule has 6 nitrogen and oxygen atoms in total. The van der Waals surface area contributed by atoms with Gasteiger partial charge in [0.25, 0.3) is 0 Å². The van der Waals surface area contributed by atoms with E-state index in [0.717, 1.165) is 55.4 Å². The molecule has 0 atom stereocenters. The molecule has 0 bridgehead atoms. The Kier molecular flexibility index (Phi) is 3.88. The summed E-state index contributed by atoms with van der Waals surface area (Å²) in [5, 5.41) is 4.38. The summed E-state index contributed by atoms with van der Waals surface area (Å²) in [5.74, 6) is 1.45. The van der Waals surface area contributed by atoms with Crippen LogP contribution in [-0.2, 0) is 7.05 Å². The average Bonchev–Trinajstić information content (AvgIpc) is 2.86. The van der Waals surface area contributed by atoms with Gasteiger partial charge in [-0.3, -0.25) is 4.68 Å². The minimum Gasteiger partial charge on any atom is -0.341 e. The first-order valence-corrected chi connectivity index (χ1v) is 7.46. The number of anilines is 1. The van der Waals surface area contributed by atoms with Crippen molar-refractivity contribution in [1.29, 1.82) is 0 Å². The van der Waals surface area contributed by atoms with Crippen LogP contribution >= 0.6 is 0 Å². The summed E-state index contributed by atoms with van der Waals surface area (Å²) in [6, 6.07) is 1.94. The predicted molar refractivity (Wildman–Crippen MR) is 83.0 cm³/mol. The van der Waals surface area contributed by atoms with Crippen molar-refractivity contribution in [3.8, 4) is 11.3 Å². The van der Waals surface area contributed by atoms with Crippen molar-refractivity contribution in [2.45, 2.75) is 19.8 Å². The second-order valence-electron chi connectivity index (χ2n) is 5.71. The van der Waals surface area contributed by atoms with Crippen molar-refractivity contribution in [1.82, 2.24) is 19.7 Å². The maximum atomic E-state index is 5.75. The second kappa shape index (κ2) is 5.81. The highest BCUT2D eigenvalue weighted by atomic mass is 15.3. The number of hydrogen-bond donors (Lipinski definition) is 1. The quantitative estimate of drug-likeness (QED) is 0.922. The summed E-state index contributed by atoms with van der Waals surface area (Å²) in [7, 11) is 1.93. The Morgan fingerprint density at radius 1 is 1.33 bits per heavy atom. The molecule has 2 aromatic heterocycles. The summed E-state index contributed by atoms with van der Waals surface area (Å²) in [4.78, 5) is 11.4. The predicted octanol–water partition coefficient (Wildman–Crippen LogP) is 1.36. The van der Waals surface area contributed by atoms with Crippen molar-refractivity contribution in [3.05, 3.63) is 24.2 Å². The smallest absolute Gasteiger partial charge is 0.225 e. The Balaban J connectivity index is 1.82. The van der Waals surface area contributed by atoms with E-state index in [-0.39, 0.29) is 0 Å². The zero-order chi connectivity index (χ0) is 14.8. The van der Waals surface area contributed by atoms with E-state index < -0.39 is 0 Å². The van der Waals surface area contributed by atoms with Crippen LogP contribution in [0.4, 0.5) is 5.95 Å². The Hall–Kier alpha value is -1.95. The zero-order valence-corrected chi connectivity index (χ0v) is 12.7. The summed E-state index contributed by atoms with van der Waals surface area (Å²) < 4.78 is 1.82. The van der Waals surface area contributed by atoms with Crippen LogP contribution in [0.3, 0.4) is 0 Å². The highest BCUT2D eigenvalue weighted by Gasteiger charge is 2.20. The van der Waals surface area contributed by atoms with Crippen LogP contribution < -0.4 is 10.6 Å². The minimum absolute atomic E-state index is 0.644. The van der Waals surface area contributed by atoms with E-state index in [9.17, 15) is 0 Å². The molecule has 0 radical (unpaired) electrons. The normalized spacial score (nSPS) is 16.4. The van der Waals surface area contributed by atoms with Gasteiger partial charge in [0.15, 0.2) is 0 Å². The van der Waals surface area contributed by atoms with Gasteiger partial charge < -0.3 is 10.6 Å². The molecule has 0 aliphatic carbocycles. The van der Waals surface area contributed by atoms with Crippen LogP contribution in [0.1, 0.15) is 18.5 Å². The fourth-order valence-corrected chi connectivity index (χ4v) is 2.87. The third-order valence-electron chi connectivity index (χ3n) is 4.16. The number of aryl methyl sites for hydroxylation is 2. The molecule has 0 saturated carbocycles. The summed E-state index contributed by atoms with van der Waals surface area (Å²) in [5.41, 5.74) is 8.74. The Bertz CT molecular complexity index is 612. The number of rotatable bonds is 3. The minimum atomic E-state index is 0.644. The van der Waals surface area contributed by atoms with Crippen LogP contribution in [0.15, 0.2) is 18.5 Å². The van der Waals surface area contributed by atoms with E-state index in [4.69, 9.17) is 10.7 Å². The molecule has 2 aromatic rings. The fourth-order valence-electron chi connectivity index (χ4n) is 2.87. The van der Waals surface area contributed by atoms with Crippen LogP contribution in [0.2, 0.25) is 0 Å². The van der Waals surface area contributed by atoms with E-state index in [1.54, 1.807) is 0 Å². The molecule has 6 heteroatoms. The Labute approximate surface area is 125 Å². The molecular weight excluding hydrogens is 264 g/mol. The lowest BCUT2D eigenvalue weighted by atomic mass is 9.97. The first-order chi connectivity index (χ1) is 10.2. The summed E-state index contributed by atoms with van der Waals surface area (Å²) >= 11 is 0. The summed E-state index contributed by atoms with van der Waals surface area (Å²) in [6.07, 6.45) is 6.08. The van der Waals surface area contributed by atoms with E-state index >= 15 is 0 Å². The van der Waals surface area contributed by atoms with E-state index in [1.165, 1.54) is 0 Å². The topological polar surface area (TPSA) is 72.9 Å². The van der Waals surface area contributed by atoms with Gasteiger partial charge in [0, 0.05) is 38.1 Å². The molecule has 3 rings (SSSR count). The third-order valence-corrected chi connectivity index (χ3v) is 4.16. The third kappa shape index (κ3) is 2.90. The molecule has 0 unspecified atom stereocenters. The molecule has 0 amide bonds. The van der Waals surface area contributed by atoms with Crippen molar-refractivity contribution in [3.63, 3.8) is 0 Å². The molecule has 21 heavy (non-hydrogen) atoms. The van der Waals surface area contributed by atoms with Gasteiger partial charge >= 0.3 is 0 Å². The lowest BCUT2D eigenvalue weighted by Gasteiger charge is -2.31. The molecule has 1 aliphatic rings. The number of piperidine rings is 1. The molecule has 2 N–H and O–H groups in total. The number of aromatic nitrogens is 4. The van der Waals surface area contributed by atoms with Crippen molar-refractivity contribution >= 4 is 5.95 Å². The van der Waals surface area contributed by atoms with Gasteiger partial charge in [-0.25, -0.2) is 9.97 Å². The van der Waals surface area contributed by atoms with E-state index in [0.29, 0.717) is 5.92 Å². The van der Waals surface area contributed by atoms with Crippen LogP contribution in [0, 0.1) is 12.8 Å². The average molecular weight is 286 g/mol. The second-order valence-corrected chi connectivity index (χ2v) is 5.71. The van der Waals surface area contributed by atoms with Gasteiger partial charge in [-0.2, -0.15) is 5.10 Å². The largest absolute Gasteiger partial charge is 0.341 e. The lowest BCUT2D eigenvalue weighted by Crippen LogP contribution is -2.37. The SMILES string of the molecule is Cc1nn(C)cc1-c1ccnc(N2CCC(CN)CC2)n1. The van der Waals surface area contributed by atoms with Crippen molar-refractivity contribution in [2.75, 3.05) is 24.5 Å². The van der Waals surface area contributed by atoms with Gasteiger partial charge in [0.1, 0.15) is 0 Å². The molecule has 0 aromatic carbocycles. The fraction of sp³-hybridized carbons (Fsp3) is 0.533. The van der Waals surface area contributed by atoms with E-state index in [2.05, 4.69) is 15.0 Å². The van der Waals surface area contributed by atoms with Gasteiger partial charge in [-0.1, -0.05) is 0 Å². The van der Waals surface area contributed by atoms with Crippen LogP contribution in [-0.4, -0.2) is 39.4 Å². The van der Waals surface area contributed by atoms with Gasteiger partial charge in [-0.05, 0) is 38.3 Å². The Morgan fingerprint density at radius 3 is 2.71 bits per heavy atom. The van der Waals surface area contributed by atoms with Gasteiger partial charge in [0.05, 0.1) is 11.4 Å². The monoisotopic (exact) mass is 286 g/mol. The Morgan fingerprint density at radius 2 is 2.10 bits per heavy atom. The van der Waals surface area contributed by atoms with Crippen LogP contribution in [0.5, 0.6) is 0 Å². The molecule has 1 fully saturated rings. The first kappa shape index (κ1) is 14.0. The number of hydrogen-bond acceptors (Lipinski definition) is 5. The molecule has 1 saturated heterocycles. The molecule has 112 valence electrons. The zero-order valence-electron chi connectivity index (χ0n) is 12.7. The molecule has 0 spiro atoms. The van der Waals surface area contributed by atoms with Crippen molar-refractivity contribution in [2.24, 2.45) is 18.7 Å². The van der Waals surface area contributed by atoms with Gasteiger partial charge in [-0.15, -0.1) is 0 Å². The maximum absolute atomic E-state index is 5.75. The molecule has 3 heterocycles. The van der Waals surface area contributed by atoms with Crippen molar-refractivity contribution < 1.29 is 0 Å². The number of nitrogens with zero attached hydrogens (tertiary/aromatic N) is 5.